The third-order valence-electron chi connectivity index (χ3n) is 2.62. The summed E-state index contributed by atoms with van der Waals surface area (Å²) < 4.78 is 0. The van der Waals surface area contributed by atoms with Crippen LogP contribution in [0.1, 0.15) is 0 Å². The molecule has 92 valence electrons. The molecule has 1 fully saturated rings. The average molecular weight is 255 g/mol. The third kappa shape index (κ3) is 3.66. The van der Waals surface area contributed by atoms with E-state index in [1.807, 2.05) is 0 Å². The number of halogens is 1. The monoisotopic (exact) mass is 254 g/mol. The molecule has 0 aromatic carbocycles. The Morgan fingerprint density at radius 3 is 3.00 bits per heavy atom. The normalized spacial score (nSPS) is 16.8. The van der Waals surface area contributed by atoms with Crippen LogP contribution in [0.2, 0.25) is 5.02 Å². The van der Waals surface area contributed by atoms with Crippen molar-refractivity contribution in [1.29, 1.82) is 0 Å². The van der Waals surface area contributed by atoms with Gasteiger partial charge in [0, 0.05) is 32.4 Å². The summed E-state index contributed by atoms with van der Waals surface area (Å²) in [5, 5.41) is 6.51. The zero-order valence-electron chi connectivity index (χ0n) is 9.45. The summed E-state index contributed by atoms with van der Waals surface area (Å²) in [5.74, 6) is -0.0539. The maximum absolute atomic E-state index is 11.8. The minimum Gasteiger partial charge on any atom is -0.322 e. The predicted octanol–water partition coefficient (Wildman–Crippen LogP) is 0.579. The second-order valence-electron chi connectivity index (χ2n) is 3.93. The van der Waals surface area contributed by atoms with Crippen LogP contribution < -0.4 is 10.6 Å². The number of aromatic nitrogens is 1. The van der Waals surface area contributed by atoms with Gasteiger partial charge in [-0.15, -0.1) is 0 Å². The first-order valence-electron chi connectivity index (χ1n) is 5.58. The van der Waals surface area contributed by atoms with Crippen molar-refractivity contribution in [2.45, 2.75) is 0 Å². The number of piperazine rings is 1. The molecule has 2 heterocycles. The van der Waals surface area contributed by atoms with E-state index >= 15 is 0 Å². The van der Waals surface area contributed by atoms with E-state index in [1.54, 1.807) is 18.5 Å². The molecule has 0 atom stereocenters. The van der Waals surface area contributed by atoms with Crippen LogP contribution in [-0.4, -0.2) is 48.5 Å². The van der Waals surface area contributed by atoms with E-state index < -0.39 is 0 Å². The van der Waals surface area contributed by atoms with E-state index in [2.05, 4.69) is 20.5 Å². The van der Waals surface area contributed by atoms with Gasteiger partial charge in [-0.05, 0) is 6.07 Å². The topological polar surface area (TPSA) is 57.3 Å². The first-order chi connectivity index (χ1) is 8.25. The number of pyridine rings is 1. The lowest BCUT2D eigenvalue weighted by Crippen LogP contribution is -2.46. The summed E-state index contributed by atoms with van der Waals surface area (Å²) in [6, 6.07) is 1.65. The number of rotatable bonds is 3. The smallest absolute Gasteiger partial charge is 0.238 e. The van der Waals surface area contributed by atoms with E-state index in [0.717, 1.165) is 26.2 Å². The Balaban J connectivity index is 1.86. The van der Waals surface area contributed by atoms with Gasteiger partial charge in [0.2, 0.25) is 5.91 Å². The Labute approximate surface area is 105 Å². The van der Waals surface area contributed by atoms with Crippen molar-refractivity contribution in [1.82, 2.24) is 15.2 Å². The molecule has 1 aliphatic heterocycles. The lowest BCUT2D eigenvalue weighted by molar-refractivity contribution is -0.117. The number of carbonyl (C=O) groups is 1. The lowest BCUT2D eigenvalue weighted by Gasteiger charge is -2.26. The molecule has 1 saturated heterocycles. The van der Waals surface area contributed by atoms with Gasteiger partial charge in [-0.3, -0.25) is 14.7 Å². The number of anilines is 1. The largest absolute Gasteiger partial charge is 0.322 e. The van der Waals surface area contributed by atoms with Crippen molar-refractivity contribution in [2.24, 2.45) is 0 Å². The molecule has 0 aliphatic carbocycles. The van der Waals surface area contributed by atoms with Gasteiger partial charge in [-0.25, -0.2) is 0 Å². The zero-order valence-corrected chi connectivity index (χ0v) is 10.2. The highest BCUT2D eigenvalue weighted by molar-refractivity contribution is 6.33. The van der Waals surface area contributed by atoms with Crippen molar-refractivity contribution in [3.05, 3.63) is 23.5 Å². The zero-order chi connectivity index (χ0) is 12.1. The van der Waals surface area contributed by atoms with Crippen LogP contribution in [0.15, 0.2) is 18.5 Å². The molecule has 0 bridgehead atoms. The Kier molecular flexibility index (Phi) is 4.30. The Morgan fingerprint density at radius 2 is 2.29 bits per heavy atom. The van der Waals surface area contributed by atoms with Gasteiger partial charge >= 0.3 is 0 Å². The third-order valence-corrected chi connectivity index (χ3v) is 2.95. The van der Waals surface area contributed by atoms with Gasteiger partial charge in [0.05, 0.1) is 23.5 Å². The van der Waals surface area contributed by atoms with E-state index in [1.165, 1.54) is 0 Å². The van der Waals surface area contributed by atoms with Gasteiger partial charge in [0.1, 0.15) is 0 Å². The molecule has 1 aromatic rings. The summed E-state index contributed by atoms with van der Waals surface area (Å²) in [5.41, 5.74) is 0.564. The lowest BCUT2D eigenvalue weighted by atomic mass is 10.3. The fourth-order valence-corrected chi connectivity index (χ4v) is 1.88. The fraction of sp³-hybridized carbons (Fsp3) is 0.455. The summed E-state index contributed by atoms with van der Waals surface area (Å²) in [7, 11) is 0. The highest BCUT2D eigenvalue weighted by Crippen LogP contribution is 2.18. The molecule has 1 amide bonds. The number of carbonyl (C=O) groups excluding carboxylic acids is 1. The minimum absolute atomic E-state index is 0.0539. The summed E-state index contributed by atoms with van der Waals surface area (Å²) in [6.07, 6.45) is 3.15. The SMILES string of the molecule is O=C(CN1CCNCC1)Nc1cnccc1Cl. The standard InChI is InChI=1S/C11H15ClN4O/c12-9-1-2-14-7-10(9)15-11(17)8-16-5-3-13-4-6-16/h1-2,7,13H,3-6,8H2,(H,15,17). The molecule has 2 rings (SSSR count). The van der Waals surface area contributed by atoms with Crippen LogP contribution in [-0.2, 0) is 4.79 Å². The van der Waals surface area contributed by atoms with Crippen molar-refractivity contribution < 1.29 is 4.79 Å². The summed E-state index contributed by atoms with van der Waals surface area (Å²) in [4.78, 5) is 17.8. The Morgan fingerprint density at radius 1 is 1.53 bits per heavy atom. The molecule has 0 unspecified atom stereocenters. The first-order valence-corrected chi connectivity index (χ1v) is 5.96. The van der Waals surface area contributed by atoms with Crippen molar-refractivity contribution >= 4 is 23.2 Å². The summed E-state index contributed by atoms with van der Waals surface area (Å²) >= 11 is 5.93. The second kappa shape index (κ2) is 5.95. The van der Waals surface area contributed by atoms with Crippen LogP contribution in [0.25, 0.3) is 0 Å². The molecule has 0 spiro atoms. The molecule has 5 nitrogen and oxygen atoms in total. The van der Waals surface area contributed by atoms with Gasteiger partial charge in [0.15, 0.2) is 0 Å². The Bertz CT molecular complexity index is 393. The Hall–Kier alpha value is -1.17. The van der Waals surface area contributed by atoms with Crippen LogP contribution in [0, 0.1) is 0 Å². The van der Waals surface area contributed by atoms with E-state index in [9.17, 15) is 4.79 Å². The molecular weight excluding hydrogens is 240 g/mol. The summed E-state index contributed by atoms with van der Waals surface area (Å²) in [6.45, 7) is 4.05. The maximum atomic E-state index is 11.8. The van der Waals surface area contributed by atoms with Crippen LogP contribution in [0.5, 0.6) is 0 Å². The highest BCUT2D eigenvalue weighted by atomic mass is 35.5. The molecule has 1 aliphatic rings. The quantitative estimate of drug-likeness (QED) is 0.829. The average Bonchev–Trinajstić information content (AvgIpc) is 2.33. The minimum atomic E-state index is -0.0539. The van der Waals surface area contributed by atoms with Crippen LogP contribution in [0.4, 0.5) is 5.69 Å². The number of nitrogens with one attached hydrogen (secondary N) is 2. The highest BCUT2D eigenvalue weighted by Gasteiger charge is 2.14. The number of hydrogen-bond acceptors (Lipinski definition) is 4. The van der Waals surface area contributed by atoms with Crippen molar-refractivity contribution in [3.63, 3.8) is 0 Å². The second-order valence-corrected chi connectivity index (χ2v) is 4.34. The molecule has 17 heavy (non-hydrogen) atoms. The molecule has 1 aromatic heterocycles. The molecule has 2 N–H and O–H groups in total. The predicted molar refractivity (Wildman–Crippen MR) is 67.2 cm³/mol. The van der Waals surface area contributed by atoms with Gasteiger partial charge in [-0.1, -0.05) is 11.6 Å². The molecule has 0 radical (unpaired) electrons. The molecule has 6 heteroatoms. The van der Waals surface area contributed by atoms with Crippen molar-refractivity contribution in [3.8, 4) is 0 Å². The number of amides is 1. The maximum Gasteiger partial charge on any atom is 0.238 e. The fourth-order valence-electron chi connectivity index (χ4n) is 1.73. The van der Waals surface area contributed by atoms with E-state index in [-0.39, 0.29) is 5.91 Å². The van der Waals surface area contributed by atoms with Gasteiger partial charge in [0.25, 0.3) is 0 Å². The van der Waals surface area contributed by atoms with Gasteiger partial charge < -0.3 is 10.6 Å². The first kappa shape index (κ1) is 12.3. The number of hydrogen-bond donors (Lipinski definition) is 2. The van der Waals surface area contributed by atoms with Crippen LogP contribution >= 0.6 is 11.6 Å². The van der Waals surface area contributed by atoms with Gasteiger partial charge in [-0.2, -0.15) is 0 Å². The number of nitrogens with zero attached hydrogens (tertiary/aromatic N) is 2. The van der Waals surface area contributed by atoms with Crippen molar-refractivity contribution in [2.75, 3.05) is 38.0 Å². The van der Waals surface area contributed by atoms with E-state index in [4.69, 9.17) is 11.6 Å². The van der Waals surface area contributed by atoms with Crippen LogP contribution in [0.3, 0.4) is 0 Å². The molecular formula is C11H15ClN4O. The van der Waals surface area contributed by atoms with E-state index in [0.29, 0.717) is 17.3 Å². The molecule has 0 saturated carbocycles.